The van der Waals surface area contributed by atoms with Gasteiger partial charge >= 0.3 is 0 Å². The molecule has 0 spiro atoms. The standard InChI is InChI=1S/C27H39FO2/c1-3-4-5-20-17-29-27(30-18-20)24-14-15-25(26(28)16-24)23-12-10-22(11-13-23)21-8-6-19(2)7-9-21/h3-4,14-16,19-23,27H,5-13,17-18H2,1-2H3/b4-3-. The number of ether oxygens (including phenoxy) is 2. The first-order valence-electron chi connectivity index (χ1n) is 12.3. The monoisotopic (exact) mass is 414 g/mol. The first-order valence-corrected chi connectivity index (χ1v) is 12.3. The second-order valence-corrected chi connectivity index (χ2v) is 10.1. The SMILES string of the molecule is C/C=C\CC1COC(c2ccc(C3CCC(C4CCC(C)CC4)CC3)c(F)c2)OC1. The van der Waals surface area contributed by atoms with Crippen molar-refractivity contribution in [2.75, 3.05) is 13.2 Å². The van der Waals surface area contributed by atoms with Gasteiger partial charge in [0.15, 0.2) is 6.29 Å². The number of rotatable bonds is 5. The van der Waals surface area contributed by atoms with Crippen LogP contribution in [-0.4, -0.2) is 13.2 Å². The van der Waals surface area contributed by atoms with Crippen molar-refractivity contribution in [1.82, 2.24) is 0 Å². The van der Waals surface area contributed by atoms with Gasteiger partial charge in [0.25, 0.3) is 0 Å². The van der Waals surface area contributed by atoms with Crippen LogP contribution in [0, 0.1) is 29.5 Å². The maximum Gasteiger partial charge on any atom is 0.183 e. The van der Waals surface area contributed by atoms with Crippen molar-refractivity contribution >= 4 is 0 Å². The summed E-state index contributed by atoms with van der Waals surface area (Å²) in [6, 6.07) is 5.67. The quantitative estimate of drug-likeness (QED) is 0.463. The van der Waals surface area contributed by atoms with Crippen molar-refractivity contribution in [1.29, 1.82) is 0 Å². The highest BCUT2D eigenvalue weighted by atomic mass is 19.1. The van der Waals surface area contributed by atoms with E-state index in [0.29, 0.717) is 25.0 Å². The molecule has 0 atom stereocenters. The molecule has 2 saturated carbocycles. The van der Waals surface area contributed by atoms with E-state index in [2.05, 4.69) is 19.1 Å². The zero-order valence-electron chi connectivity index (χ0n) is 18.8. The van der Waals surface area contributed by atoms with Gasteiger partial charge in [0, 0.05) is 11.5 Å². The first-order chi connectivity index (χ1) is 14.6. The van der Waals surface area contributed by atoms with Crippen molar-refractivity contribution in [3.63, 3.8) is 0 Å². The third kappa shape index (κ3) is 5.34. The van der Waals surface area contributed by atoms with Crippen molar-refractivity contribution in [3.05, 3.63) is 47.3 Å². The Bertz CT molecular complexity index is 691. The molecule has 1 aromatic rings. The maximum absolute atomic E-state index is 15.0. The molecule has 0 unspecified atom stereocenters. The summed E-state index contributed by atoms with van der Waals surface area (Å²) in [5.41, 5.74) is 1.71. The Hall–Kier alpha value is -1.19. The predicted molar refractivity (Wildman–Crippen MR) is 120 cm³/mol. The average Bonchev–Trinajstić information content (AvgIpc) is 2.79. The summed E-state index contributed by atoms with van der Waals surface area (Å²) in [7, 11) is 0. The molecule has 3 heteroatoms. The molecule has 30 heavy (non-hydrogen) atoms. The van der Waals surface area contributed by atoms with Crippen LogP contribution in [0.25, 0.3) is 0 Å². The summed E-state index contributed by atoms with van der Waals surface area (Å²) in [4.78, 5) is 0. The van der Waals surface area contributed by atoms with Crippen molar-refractivity contribution in [3.8, 4) is 0 Å². The number of hydrogen-bond donors (Lipinski definition) is 0. The molecule has 3 aliphatic rings. The number of benzene rings is 1. The lowest BCUT2D eigenvalue weighted by Crippen LogP contribution is -2.27. The molecule has 4 rings (SSSR count). The van der Waals surface area contributed by atoms with Gasteiger partial charge in [-0.1, -0.05) is 44.1 Å². The van der Waals surface area contributed by atoms with Crippen LogP contribution in [0.1, 0.15) is 95.0 Å². The van der Waals surface area contributed by atoms with Crippen molar-refractivity contribution in [2.24, 2.45) is 23.7 Å². The van der Waals surface area contributed by atoms with Gasteiger partial charge in [0.1, 0.15) is 5.82 Å². The lowest BCUT2D eigenvalue weighted by atomic mass is 9.68. The minimum absolute atomic E-state index is 0.0781. The van der Waals surface area contributed by atoms with Crippen LogP contribution in [0.2, 0.25) is 0 Å². The van der Waals surface area contributed by atoms with E-state index in [4.69, 9.17) is 9.47 Å². The van der Waals surface area contributed by atoms with E-state index in [1.807, 2.05) is 19.1 Å². The highest BCUT2D eigenvalue weighted by Crippen LogP contribution is 2.44. The molecule has 1 saturated heterocycles. The van der Waals surface area contributed by atoms with E-state index in [-0.39, 0.29) is 5.82 Å². The Morgan fingerprint density at radius 2 is 1.57 bits per heavy atom. The number of halogens is 1. The zero-order chi connectivity index (χ0) is 20.9. The molecule has 0 radical (unpaired) electrons. The van der Waals surface area contributed by atoms with Crippen LogP contribution >= 0.6 is 0 Å². The van der Waals surface area contributed by atoms with Crippen LogP contribution in [0.5, 0.6) is 0 Å². The molecule has 0 N–H and O–H groups in total. The fourth-order valence-electron chi connectivity index (χ4n) is 5.88. The molecule has 0 aromatic heterocycles. The second-order valence-electron chi connectivity index (χ2n) is 10.1. The fourth-order valence-corrected chi connectivity index (χ4v) is 5.88. The highest BCUT2D eigenvalue weighted by Gasteiger charge is 2.31. The summed E-state index contributed by atoms with van der Waals surface area (Å²) in [6.07, 6.45) is 15.2. The molecular formula is C27H39FO2. The molecule has 3 fully saturated rings. The Kier molecular flexibility index (Phi) is 7.64. The average molecular weight is 415 g/mol. The van der Waals surface area contributed by atoms with Crippen molar-refractivity contribution < 1.29 is 13.9 Å². The van der Waals surface area contributed by atoms with Crippen LogP contribution in [0.15, 0.2) is 30.4 Å². The minimum atomic E-state index is -0.431. The highest BCUT2D eigenvalue weighted by molar-refractivity contribution is 5.28. The van der Waals surface area contributed by atoms with E-state index in [1.165, 1.54) is 38.5 Å². The van der Waals surface area contributed by atoms with Crippen LogP contribution in [0.4, 0.5) is 4.39 Å². The summed E-state index contributed by atoms with van der Waals surface area (Å²) < 4.78 is 26.8. The van der Waals surface area contributed by atoms with E-state index in [1.54, 1.807) is 6.07 Å². The van der Waals surface area contributed by atoms with Gasteiger partial charge in [-0.3, -0.25) is 0 Å². The van der Waals surface area contributed by atoms with E-state index >= 15 is 4.39 Å². The van der Waals surface area contributed by atoms with E-state index in [9.17, 15) is 0 Å². The van der Waals surface area contributed by atoms with Crippen LogP contribution < -0.4 is 0 Å². The van der Waals surface area contributed by atoms with Gasteiger partial charge in [-0.25, -0.2) is 4.39 Å². The fraction of sp³-hybridized carbons (Fsp3) is 0.704. The van der Waals surface area contributed by atoms with Gasteiger partial charge < -0.3 is 9.47 Å². The maximum atomic E-state index is 15.0. The number of allylic oxidation sites excluding steroid dienone is 2. The summed E-state index contributed by atoms with van der Waals surface area (Å²) >= 11 is 0. The van der Waals surface area contributed by atoms with E-state index in [0.717, 1.165) is 48.1 Å². The molecule has 1 aliphatic heterocycles. The first kappa shape index (κ1) is 22.0. The molecule has 1 aromatic carbocycles. The Morgan fingerprint density at radius 1 is 0.933 bits per heavy atom. The predicted octanol–water partition coefficient (Wildman–Crippen LogP) is 7.55. The Morgan fingerprint density at radius 3 is 2.17 bits per heavy atom. The topological polar surface area (TPSA) is 18.5 Å². The third-order valence-electron chi connectivity index (χ3n) is 7.91. The lowest BCUT2D eigenvalue weighted by Gasteiger charge is -2.37. The van der Waals surface area contributed by atoms with Gasteiger partial charge in [-0.2, -0.15) is 0 Å². The van der Waals surface area contributed by atoms with E-state index < -0.39 is 6.29 Å². The van der Waals surface area contributed by atoms with Gasteiger partial charge in [-0.15, -0.1) is 0 Å². The molecule has 2 aliphatic carbocycles. The van der Waals surface area contributed by atoms with Gasteiger partial charge in [-0.05, 0) is 87.2 Å². The van der Waals surface area contributed by atoms with Crippen LogP contribution in [-0.2, 0) is 9.47 Å². The summed E-state index contributed by atoms with van der Waals surface area (Å²) in [5.74, 6) is 3.40. The molecule has 0 amide bonds. The normalized spacial score (nSPS) is 35.6. The molecule has 1 heterocycles. The van der Waals surface area contributed by atoms with Gasteiger partial charge in [0.05, 0.1) is 13.2 Å². The summed E-state index contributed by atoms with van der Waals surface area (Å²) in [6.45, 7) is 5.76. The van der Waals surface area contributed by atoms with Crippen LogP contribution in [0.3, 0.4) is 0 Å². The van der Waals surface area contributed by atoms with Crippen molar-refractivity contribution in [2.45, 2.75) is 83.8 Å². The Labute approximate surface area is 182 Å². The molecule has 0 bridgehead atoms. The third-order valence-corrected chi connectivity index (χ3v) is 7.91. The second kappa shape index (κ2) is 10.4. The Balaban J connectivity index is 1.30. The minimum Gasteiger partial charge on any atom is -0.348 e. The largest absolute Gasteiger partial charge is 0.348 e. The number of hydrogen-bond acceptors (Lipinski definition) is 2. The molecule has 166 valence electrons. The molecule has 2 nitrogen and oxygen atoms in total. The smallest absolute Gasteiger partial charge is 0.183 e. The lowest BCUT2D eigenvalue weighted by molar-refractivity contribution is -0.204. The molecular weight excluding hydrogens is 375 g/mol. The summed E-state index contributed by atoms with van der Waals surface area (Å²) in [5, 5.41) is 0. The van der Waals surface area contributed by atoms with Gasteiger partial charge in [0.2, 0.25) is 0 Å². The zero-order valence-corrected chi connectivity index (χ0v) is 18.8.